The number of benzene rings is 1. The van der Waals surface area contributed by atoms with Crippen LogP contribution in [0.25, 0.3) is 0 Å². The van der Waals surface area contributed by atoms with Crippen molar-refractivity contribution in [2.24, 2.45) is 5.92 Å². The highest BCUT2D eigenvalue weighted by atomic mass is 79.9. The molecule has 0 spiro atoms. The van der Waals surface area contributed by atoms with Crippen molar-refractivity contribution in [1.82, 2.24) is 9.62 Å². The van der Waals surface area contributed by atoms with Gasteiger partial charge in [-0.1, -0.05) is 15.9 Å². The van der Waals surface area contributed by atoms with Gasteiger partial charge in [0.1, 0.15) is 10.7 Å². The second kappa shape index (κ2) is 6.51. The fourth-order valence-electron chi connectivity index (χ4n) is 2.44. The van der Waals surface area contributed by atoms with Gasteiger partial charge in [-0.05, 0) is 50.6 Å². The molecule has 1 aromatic rings. The molecule has 0 aliphatic carbocycles. The first kappa shape index (κ1) is 15.9. The van der Waals surface area contributed by atoms with Gasteiger partial charge in [0.05, 0.1) is 0 Å². The molecule has 1 unspecified atom stereocenters. The minimum Gasteiger partial charge on any atom is -0.306 e. The summed E-state index contributed by atoms with van der Waals surface area (Å²) in [6.07, 6.45) is 2.06. The highest BCUT2D eigenvalue weighted by Gasteiger charge is 2.23. The van der Waals surface area contributed by atoms with E-state index in [9.17, 15) is 12.8 Å². The normalized spacial score (nSPS) is 21.1. The monoisotopic (exact) mass is 364 g/mol. The molecule has 20 heavy (non-hydrogen) atoms. The summed E-state index contributed by atoms with van der Waals surface area (Å²) in [6.45, 7) is 2.26. The standard InChI is InChI=1S/C13H18BrFN2O2S/c1-17-6-2-3-10(9-17)8-16-20(18,19)13-5-4-11(14)7-12(13)15/h4-5,7,10,16H,2-3,6,8-9H2,1H3. The van der Waals surface area contributed by atoms with Gasteiger partial charge in [0.2, 0.25) is 10.0 Å². The summed E-state index contributed by atoms with van der Waals surface area (Å²) in [7, 11) is -1.77. The van der Waals surface area contributed by atoms with Crippen molar-refractivity contribution in [1.29, 1.82) is 0 Å². The van der Waals surface area contributed by atoms with E-state index < -0.39 is 15.8 Å². The van der Waals surface area contributed by atoms with Gasteiger partial charge in [0, 0.05) is 17.6 Å². The van der Waals surface area contributed by atoms with Crippen molar-refractivity contribution in [2.45, 2.75) is 17.7 Å². The third-order valence-corrected chi connectivity index (χ3v) is 5.42. The third-order valence-electron chi connectivity index (χ3n) is 3.47. The summed E-state index contributed by atoms with van der Waals surface area (Å²) in [5, 5.41) is 0. The molecule has 1 saturated heterocycles. The van der Waals surface area contributed by atoms with Gasteiger partial charge in [-0.25, -0.2) is 17.5 Å². The minimum absolute atomic E-state index is 0.280. The van der Waals surface area contributed by atoms with Gasteiger partial charge in [-0.15, -0.1) is 0 Å². The number of nitrogens with one attached hydrogen (secondary N) is 1. The average molecular weight is 365 g/mol. The molecule has 1 atom stereocenters. The fraction of sp³-hybridized carbons (Fsp3) is 0.538. The lowest BCUT2D eigenvalue weighted by Crippen LogP contribution is -2.39. The molecule has 7 heteroatoms. The SMILES string of the molecule is CN1CCCC(CNS(=O)(=O)c2ccc(Br)cc2F)C1. The number of sulfonamides is 1. The van der Waals surface area contributed by atoms with Gasteiger partial charge in [0.15, 0.2) is 0 Å². The van der Waals surface area contributed by atoms with Crippen LogP contribution in [0.15, 0.2) is 27.6 Å². The molecule has 1 fully saturated rings. The Morgan fingerprint density at radius 3 is 2.90 bits per heavy atom. The number of halogens is 2. The molecule has 1 N–H and O–H groups in total. The first-order valence-electron chi connectivity index (χ1n) is 6.52. The molecule has 0 aromatic heterocycles. The van der Waals surface area contributed by atoms with Crippen LogP contribution in [0, 0.1) is 11.7 Å². The van der Waals surface area contributed by atoms with Crippen LogP contribution < -0.4 is 4.72 Å². The highest BCUT2D eigenvalue weighted by Crippen LogP contribution is 2.20. The minimum atomic E-state index is -3.79. The van der Waals surface area contributed by atoms with Crippen LogP contribution in [0.3, 0.4) is 0 Å². The predicted molar refractivity (Wildman–Crippen MR) is 79.5 cm³/mol. The third kappa shape index (κ3) is 4.00. The van der Waals surface area contributed by atoms with Gasteiger partial charge >= 0.3 is 0 Å². The van der Waals surface area contributed by atoms with E-state index in [0.717, 1.165) is 32.0 Å². The lowest BCUT2D eigenvalue weighted by Gasteiger charge is -2.29. The molecule has 4 nitrogen and oxygen atoms in total. The first-order chi connectivity index (χ1) is 9.38. The lowest BCUT2D eigenvalue weighted by atomic mass is 9.99. The molecule has 1 heterocycles. The smallest absolute Gasteiger partial charge is 0.243 e. The van der Waals surface area contributed by atoms with E-state index in [0.29, 0.717) is 11.0 Å². The molecule has 112 valence electrons. The molecule has 0 radical (unpaired) electrons. The Kier molecular flexibility index (Phi) is 5.17. The van der Waals surface area contributed by atoms with E-state index >= 15 is 0 Å². The number of hydrogen-bond acceptors (Lipinski definition) is 3. The maximum absolute atomic E-state index is 13.7. The zero-order chi connectivity index (χ0) is 14.8. The topological polar surface area (TPSA) is 49.4 Å². The van der Waals surface area contributed by atoms with Crippen LogP contribution in [0.5, 0.6) is 0 Å². The van der Waals surface area contributed by atoms with Gasteiger partial charge < -0.3 is 4.90 Å². The van der Waals surface area contributed by atoms with Crippen molar-refractivity contribution in [3.8, 4) is 0 Å². The van der Waals surface area contributed by atoms with Crippen LogP contribution >= 0.6 is 15.9 Å². The zero-order valence-corrected chi connectivity index (χ0v) is 13.7. The second-order valence-corrected chi connectivity index (χ2v) is 7.85. The van der Waals surface area contributed by atoms with E-state index in [1.165, 1.54) is 12.1 Å². The van der Waals surface area contributed by atoms with Crippen molar-refractivity contribution in [3.63, 3.8) is 0 Å². The van der Waals surface area contributed by atoms with E-state index in [4.69, 9.17) is 0 Å². The van der Waals surface area contributed by atoms with Crippen LogP contribution in [0.4, 0.5) is 4.39 Å². The summed E-state index contributed by atoms with van der Waals surface area (Å²) in [6, 6.07) is 3.95. The fourth-order valence-corrected chi connectivity index (χ4v) is 3.94. The molecule has 0 saturated carbocycles. The van der Waals surface area contributed by atoms with Crippen molar-refractivity contribution >= 4 is 26.0 Å². The molecule has 2 rings (SSSR count). The quantitative estimate of drug-likeness (QED) is 0.890. The largest absolute Gasteiger partial charge is 0.306 e. The maximum atomic E-state index is 13.7. The molecular formula is C13H18BrFN2O2S. The summed E-state index contributed by atoms with van der Waals surface area (Å²) in [4.78, 5) is 1.88. The van der Waals surface area contributed by atoms with Crippen LogP contribution in [0.2, 0.25) is 0 Å². The molecule has 0 bridgehead atoms. The molecule has 0 amide bonds. The Morgan fingerprint density at radius 1 is 1.50 bits per heavy atom. The van der Waals surface area contributed by atoms with Gasteiger partial charge in [-0.2, -0.15) is 0 Å². The average Bonchev–Trinajstić information content (AvgIpc) is 2.36. The molecule has 1 aromatic carbocycles. The first-order valence-corrected chi connectivity index (χ1v) is 8.79. The summed E-state index contributed by atoms with van der Waals surface area (Å²) < 4.78 is 41.0. The lowest BCUT2D eigenvalue weighted by molar-refractivity contribution is 0.211. The summed E-state index contributed by atoms with van der Waals surface area (Å²) in [5.74, 6) is -0.463. The Morgan fingerprint density at radius 2 is 2.25 bits per heavy atom. The van der Waals surface area contributed by atoms with Crippen LogP contribution in [-0.4, -0.2) is 40.0 Å². The second-order valence-electron chi connectivity index (χ2n) is 5.20. The van der Waals surface area contributed by atoms with Crippen molar-refractivity contribution in [3.05, 3.63) is 28.5 Å². The molecule has 1 aliphatic heterocycles. The zero-order valence-electron chi connectivity index (χ0n) is 11.3. The Balaban J connectivity index is 2.03. The van der Waals surface area contributed by atoms with Crippen molar-refractivity contribution < 1.29 is 12.8 Å². The van der Waals surface area contributed by atoms with Crippen LogP contribution in [-0.2, 0) is 10.0 Å². The highest BCUT2D eigenvalue weighted by molar-refractivity contribution is 9.10. The Bertz CT molecular complexity index is 580. The van der Waals surface area contributed by atoms with Crippen molar-refractivity contribution in [2.75, 3.05) is 26.7 Å². The van der Waals surface area contributed by atoms with Gasteiger partial charge in [-0.3, -0.25) is 0 Å². The van der Waals surface area contributed by atoms with E-state index in [2.05, 4.69) is 25.6 Å². The van der Waals surface area contributed by atoms with Crippen LogP contribution in [0.1, 0.15) is 12.8 Å². The number of likely N-dealkylation sites (tertiary alicyclic amines) is 1. The van der Waals surface area contributed by atoms with E-state index in [-0.39, 0.29) is 10.8 Å². The Labute approximate surface area is 127 Å². The number of nitrogens with zero attached hydrogens (tertiary/aromatic N) is 1. The maximum Gasteiger partial charge on any atom is 0.243 e. The molecule has 1 aliphatic rings. The predicted octanol–water partition coefficient (Wildman–Crippen LogP) is 2.21. The molecular weight excluding hydrogens is 347 g/mol. The van der Waals surface area contributed by atoms with E-state index in [1.54, 1.807) is 0 Å². The van der Waals surface area contributed by atoms with E-state index in [1.807, 2.05) is 7.05 Å². The summed E-state index contributed by atoms with van der Waals surface area (Å²) in [5.41, 5.74) is 0. The summed E-state index contributed by atoms with van der Waals surface area (Å²) >= 11 is 3.11. The van der Waals surface area contributed by atoms with Gasteiger partial charge in [0.25, 0.3) is 0 Å². The number of rotatable bonds is 4. The Hall–Kier alpha value is -0.500. The number of piperidine rings is 1. The number of hydrogen-bond donors (Lipinski definition) is 1.